The molecule has 0 spiro atoms. The van der Waals surface area contributed by atoms with Crippen molar-refractivity contribution >= 4 is 32.8 Å². The number of rotatable bonds is 9. The Hall–Kier alpha value is -3.38. The van der Waals surface area contributed by atoms with Crippen LogP contribution in [0.4, 0.5) is 17.1 Å². The third-order valence-corrected chi connectivity index (χ3v) is 6.43. The van der Waals surface area contributed by atoms with Crippen molar-refractivity contribution in [3.05, 3.63) is 68.3 Å². The van der Waals surface area contributed by atoms with Crippen molar-refractivity contribution in [3.63, 3.8) is 0 Å². The number of nitrogens with one attached hydrogen (secondary N) is 1. The van der Waals surface area contributed by atoms with Crippen LogP contribution in [0.15, 0.2) is 52.5 Å². The Morgan fingerprint density at radius 3 is 2.03 bits per heavy atom. The minimum absolute atomic E-state index is 0.0671. The van der Waals surface area contributed by atoms with Gasteiger partial charge in [0.15, 0.2) is 0 Å². The number of hydrogen-bond acceptors (Lipinski definition) is 8. The number of hydrogen-bond donors (Lipinski definition) is 1. The van der Waals surface area contributed by atoms with Gasteiger partial charge in [0, 0.05) is 37.4 Å². The molecule has 0 unspecified atom stereocenters. The van der Waals surface area contributed by atoms with Gasteiger partial charge in [0.1, 0.15) is 4.90 Å². The molecule has 0 bridgehead atoms. The van der Waals surface area contributed by atoms with Gasteiger partial charge >= 0.3 is 0 Å². The Kier molecular flexibility index (Phi) is 7.19. The third-order valence-electron chi connectivity index (χ3n) is 4.34. The van der Waals surface area contributed by atoms with Gasteiger partial charge in [0.25, 0.3) is 11.4 Å². The number of hydrazone groups is 1. The molecule has 0 aromatic heterocycles. The SMILES string of the molecule is CCN(CC)S(=O)(=O)c1cc([N+](=O)[O-])ccc1NN=C(C)c1ccc([N+](=O)[O-])cc1. The van der Waals surface area contributed by atoms with Gasteiger partial charge in [-0.05, 0) is 30.7 Å². The van der Waals surface area contributed by atoms with Gasteiger partial charge in [0.05, 0.1) is 21.2 Å². The second kappa shape index (κ2) is 9.41. The number of non-ortho nitro benzene ring substituents is 2. The van der Waals surface area contributed by atoms with E-state index in [1.807, 2.05) is 0 Å². The summed E-state index contributed by atoms with van der Waals surface area (Å²) in [6.45, 7) is 5.38. The van der Waals surface area contributed by atoms with Crippen molar-refractivity contribution < 1.29 is 18.3 Å². The van der Waals surface area contributed by atoms with Crippen molar-refractivity contribution in [1.29, 1.82) is 0 Å². The monoisotopic (exact) mass is 435 g/mol. The number of nitro groups is 2. The molecule has 0 heterocycles. The average Bonchev–Trinajstić information content (AvgIpc) is 2.72. The van der Waals surface area contributed by atoms with Gasteiger partial charge in [-0.3, -0.25) is 25.7 Å². The van der Waals surface area contributed by atoms with Crippen molar-refractivity contribution in [2.45, 2.75) is 25.7 Å². The fourth-order valence-corrected chi connectivity index (χ4v) is 4.29. The van der Waals surface area contributed by atoms with Crippen LogP contribution < -0.4 is 5.43 Å². The lowest BCUT2D eigenvalue weighted by Gasteiger charge is -2.20. The fourth-order valence-electron chi connectivity index (χ4n) is 2.67. The van der Waals surface area contributed by atoms with Gasteiger partial charge < -0.3 is 0 Å². The molecule has 2 rings (SSSR count). The normalized spacial score (nSPS) is 12.1. The van der Waals surface area contributed by atoms with E-state index in [4.69, 9.17) is 0 Å². The summed E-state index contributed by atoms with van der Waals surface area (Å²) in [4.78, 5) is 20.4. The molecule has 30 heavy (non-hydrogen) atoms. The first-order chi connectivity index (χ1) is 14.1. The summed E-state index contributed by atoms with van der Waals surface area (Å²) in [5, 5.41) is 26.0. The van der Waals surface area contributed by atoms with Crippen molar-refractivity contribution in [1.82, 2.24) is 4.31 Å². The lowest BCUT2D eigenvalue weighted by molar-refractivity contribution is -0.385. The van der Waals surface area contributed by atoms with E-state index in [1.165, 1.54) is 40.7 Å². The van der Waals surface area contributed by atoms with E-state index in [2.05, 4.69) is 10.5 Å². The molecule has 0 aliphatic heterocycles. The molecule has 0 fully saturated rings. The molecule has 0 aliphatic carbocycles. The molecule has 0 amide bonds. The standard InChI is InChI=1S/C18H21N5O6S/c1-4-21(5-2)30(28,29)18-12-16(23(26)27)10-11-17(18)20-19-13(3)14-6-8-15(9-7-14)22(24)25/h6-12,20H,4-5H2,1-3H3. The number of sulfonamides is 1. The van der Waals surface area contributed by atoms with E-state index in [9.17, 15) is 28.6 Å². The highest BCUT2D eigenvalue weighted by atomic mass is 32.2. The molecular formula is C18H21N5O6S. The molecule has 0 saturated heterocycles. The first kappa shape index (κ1) is 22.9. The molecule has 0 aliphatic rings. The maximum absolute atomic E-state index is 13.0. The topological polar surface area (TPSA) is 148 Å². The first-order valence-electron chi connectivity index (χ1n) is 8.95. The largest absolute Gasteiger partial charge is 0.277 e. The summed E-state index contributed by atoms with van der Waals surface area (Å²) in [7, 11) is -3.99. The Morgan fingerprint density at radius 2 is 1.53 bits per heavy atom. The van der Waals surface area contributed by atoms with Gasteiger partial charge in [-0.25, -0.2) is 8.42 Å². The molecule has 160 valence electrons. The predicted octanol–water partition coefficient (Wildman–Crippen LogP) is 3.37. The summed E-state index contributed by atoms with van der Waals surface area (Å²) < 4.78 is 27.1. The Balaban J connectivity index is 2.44. The van der Waals surface area contributed by atoms with E-state index >= 15 is 0 Å². The highest BCUT2D eigenvalue weighted by Gasteiger charge is 2.27. The maximum Gasteiger partial charge on any atom is 0.270 e. The van der Waals surface area contributed by atoms with Crippen LogP contribution in [-0.2, 0) is 10.0 Å². The minimum atomic E-state index is -3.99. The minimum Gasteiger partial charge on any atom is -0.277 e. The quantitative estimate of drug-likeness (QED) is 0.360. The number of nitro benzene ring substituents is 2. The van der Waals surface area contributed by atoms with E-state index in [1.54, 1.807) is 20.8 Å². The zero-order valence-corrected chi connectivity index (χ0v) is 17.4. The fraction of sp³-hybridized carbons (Fsp3) is 0.278. The molecule has 11 nitrogen and oxygen atoms in total. The molecule has 0 atom stereocenters. The number of benzene rings is 2. The summed E-state index contributed by atoms with van der Waals surface area (Å²) >= 11 is 0. The molecule has 12 heteroatoms. The van der Waals surface area contributed by atoms with Crippen LogP contribution in [0.3, 0.4) is 0 Å². The van der Waals surface area contributed by atoms with Crippen molar-refractivity contribution in [3.8, 4) is 0 Å². The molecule has 2 aromatic carbocycles. The Bertz CT molecular complexity index is 1080. The second-order valence-electron chi connectivity index (χ2n) is 6.14. The molecule has 0 saturated carbocycles. The summed E-state index contributed by atoms with van der Waals surface area (Å²) in [6.07, 6.45) is 0. The molecule has 2 aromatic rings. The van der Waals surface area contributed by atoms with Crippen LogP contribution in [0.5, 0.6) is 0 Å². The van der Waals surface area contributed by atoms with Crippen molar-refractivity contribution in [2.75, 3.05) is 18.5 Å². The van der Waals surface area contributed by atoms with Gasteiger partial charge in [0.2, 0.25) is 10.0 Å². The lowest BCUT2D eigenvalue weighted by atomic mass is 10.1. The highest BCUT2D eigenvalue weighted by Crippen LogP contribution is 2.29. The third kappa shape index (κ3) is 4.96. The summed E-state index contributed by atoms with van der Waals surface area (Å²) in [5.74, 6) is 0. The van der Waals surface area contributed by atoms with Gasteiger partial charge in [-0.15, -0.1) is 0 Å². The van der Waals surface area contributed by atoms with Crippen LogP contribution in [0, 0.1) is 20.2 Å². The smallest absolute Gasteiger partial charge is 0.270 e. The van der Waals surface area contributed by atoms with Crippen LogP contribution in [0.25, 0.3) is 0 Å². The molecule has 1 N–H and O–H groups in total. The van der Waals surface area contributed by atoms with Crippen LogP contribution in [-0.4, -0.2) is 41.4 Å². The van der Waals surface area contributed by atoms with Crippen LogP contribution in [0.1, 0.15) is 26.3 Å². The number of anilines is 1. The average molecular weight is 435 g/mol. The van der Waals surface area contributed by atoms with E-state index < -0.39 is 19.9 Å². The molecular weight excluding hydrogens is 414 g/mol. The zero-order valence-electron chi connectivity index (χ0n) is 16.6. The Labute approximate surface area is 173 Å². The second-order valence-corrected chi connectivity index (χ2v) is 8.05. The lowest BCUT2D eigenvalue weighted by Crippen LogP contribution is -2.31. The first-order valence-corrected chi connectivity index (χ1v) is 10.4. The van der Waals surface area contributed by atoms with E-state index in [-0.39, 0.29) is 35.0 Å². The molecule has 0 radical (unpaired) electrons. The van der Waals surface area contributed by atoms with Crippen molar-refractivity contribution in [2.24, 2.45) is 5.10 Å². The van der Waals surface area contributed by atoms with Crippen LogP contribution >= 0.6 is 0 Å². The van der Waals surface area contributed by atoms with E-state index in [0.29, 0.717) is 11.3 Å². The Morgan fingerprint density at radius 1 is 1.00 bits per heavy atom. The number of nitrogens with zero attached hydrogens (tertiary/aromatic N) is 4. The highest BCUT2D eigenvalue weighted by molar-refractivity contribution is 7.89. The van der Waals surface area contributed by atoms with E-state index in [0.717, 1.165) is 6.07 Å². The van der Waals surface area contributed by atoms with Gasteiger partial charge in [-0.2, -0.15) is 9.41 Å². The zero-order chi connectivity index (χ0) is 22.5. The summed E-state index contributed by atoms with van der Waals surface area (Å²) in [6, 6.07) is 9.14. The summed E-state index contributed by atoms with van der Waals surface area (Å²) in [5.41, 5.74) is 3.33. The maximum atomic E-state index is 13.0. The predicted molar refractivity (Wildman–Crippen MR) is 112 cm³/mol. The van der Waals surface area contributed by atoms with Crippen LogP contribution in [0.2, 0.25) is 0 Å². The van der Waals surface area contributed by atoms with Gasteiger partial charge in [-0.1, -0.05) is 13.8 Å².